The number of anilines is 1. The van der Waals surface area contributed by atoms with E-state index >= 15 is 0 Å². The number of pyridine rings is 1. The van der Waals surface area contributed by atoms with Gasteiger partial charge in [0.05, 0.1) is 16.3 Å². The van der Waals surface area contributed by atoms with Crippen LogP contribution in [0.5, 0.6) is 0 Å². The fraction of sp³-hybridized carbons (Fsp3) is 0.471. The van der Waals surface area contributed by atoms with Gasteiger partial charge in [0.1, 0.15) is 5.82 Å². The third kappa shape index (κ3) is 3.88. The fourth-order valence-corrected chi connectivity index (χ4v) is 3.85. The van der Waals surface area contributed by atoms with Gasteiger partial charge >= 0.3 is 0 Å². The van der Waals surface area contributed by atoms with Crippen LogP contribution < -0.4 is 5.32 Å². The Morgan fingerprint density at radius 3 is 2.83 bits per heavy atom. The minimum Gasteiger partial charge on any atom is -0.370 e. The molecule has 0 bridgehead atoms. The number of carbonyl (C=O) groups is 1. The number of nitrogens with one attached hydrogen (secondary N) is 1. The fourth-order valence-electron chi connectivity index (χ4n) is 2.69. The maximum Gasteiger partial charge on any atom is 0.254 e. The van der Waals surface area contributed by atoms with Crippen LogP contribution in [-0.4, -0.2) is 41.4 Å². The number of nitrogens with zero attached hydrogens (tertiary/aromatic N) is 3. The Morgan fingerprint density at radius 1 is 1.30 bits per heavy atom. The number of aromatic nitrogens is 2. The summed E-state index contributed by atoms with van der Waals surface area (Å²) in [4.78, 5) is 23.9. The number of fused-ring (bicyclic) bond motifs is 1. The standard InChI is InChI=1S/C17H22N4OS/c1-21(2)17(22)12-7-8-15(19-11-12)18-10-9-16-20-13-5-3-4-6-14(13)23-16/h7-8,11H,3-6,9-10H2,1-2H3,(H,18,19). The van der Waals surface area contributed by atoms with Crippen molar-refractivity contribution < 1.29 is 4.79 Å². The highest BCUT2D eigenvalue weighted by Gasteiger charge is 2.14. The SMILES string of the molecule is CN(C)C(=O)c1ccc(NCCc2nc3c(s2)CCCC3)nc1. The van der Waals surface area contributed by atoms with E-state index in [9.17, 15) is 4.79 Å². The summed E-state index contributed by atoms with van der Waals surface area (Å²) in [6.07, 6.45) is 7.45. The van der Waals surface area contributed by atoms with Crippen LogP contribution in [-0.2, 0) is 19.3 Å². The second kappa shape index (κ2) is 7.08. The summed E-state index contributed by atoms with van der Waals surface area (Å²) in [5, 5.41) is 4.51. The van der Waals surface area contributed by atoms with Crippen LogP contribution in [0, 0.1) is 0 Å². The first-order chi connectivity index (χ1) is 11.1. The molecule has 3 rings (SSSR count). The van der Waals surface area contributed by atoms with Crippen molar-refractivity contribution in [3.05, 3.63) is 39.5 Å². The lowest BCUT2D eigenvalue weighted by Crippen LogP contribution is -2.21. The molecule has 0 aromatic carbocycles. The molecule has 0 saturated carbocycles. The Morgan fingerprint density at radius 2 is 2.13 bits per heavy atom. The molecular weight excluding hydrogens is 308 g/mol. The number of hydrogen-bond acceptors (Lipinski definition) is 5. The predicted octanol–water partition coefficient (Wildman–Crippen LogP) is 2.77. The van der Waals surface area contributed by atoms with Crippen LogP contribution in [0.4, 0.5) is 5.82 Å². The zero-order valence-electron chi connectivity index (χ0n) is 13.6. The van der Waals surface area contributed by atoms with Crippen LogP contribution in [0.2, 0.25) is 0 Å². The van der Waals surface area contributed by atoms with Crippen molar-refractivity contribution in [3.8, 4) is 0 Å². The van der Waals surface area contributed by atoms with E-state index in [-0.39, 0.29) is 5.91 Å². The normalized spacial score (nSPS) is 13.5. The Kier molecular flexibility index (Phi) is 4.91. The molecule has 1 aliphatic rings. The van der Waals surface area contributed by atoms with Gasteiger partial charge in [-0.05, 0) is 37.8 Å². The van der Waals surface area contributed by atoms with E-state index < -0.39 is 0 Å². The maximum atomic E-state index is 11.8. The highest BCUT2D eigenvalue weighted by molar-refractivity contribution is 7.11. The Bertz CT molecular complexity index is 655. The van der Waals surface area contributed by atoms with Gasteiger partial charge in [-0.2, -0.15) is 0 Å². The van der Waals surface area contributed by atoms with Crippen molar-refractivity contribution in [2.24, 2.45) is 0 Å². The Hall–Kier alpha value is -1.95. The van der Waals surface area contributed by atoms with Crippen LogP contribution in [0.3, 0.4) is 0 Å². The number of amides is 1. The molecule has 1 N–H and O–H groups in total. The van der Waals surface area contributed by atoms with Crippen molar-refractivity contribution in [3.63, 3.8) is 0 Å². The Labute approximate surface area is 140 Å². The van der Waals surface area contributed by atoms with Gasteiger partial charge in [-0.15, -0.1) is 11.3 Å². The van der Waals surface area contributed by atoms with Crippen molar-refractivity contribution in [2.45, 2.75) is 32.1 Å². The molecule has 2 aromatic rings. The molecule has 1 amide bonds. The highest BCUT2D eigenvalue weighted by atomic mass is 32.1. The average molecular weight is 330 g/mol. The first-order valence-corrected chi connectivity index (χ1v) is 8.84. The molecule has 23 heavy (non-hydrogen) atoms. The second-order valence-corrected chi connectivity index (χ2v) is 7.16. The smallest absolute Gasteiger partial charge is 0.254 e. The Balaban J connectivity index is 1.52. The van der Waals surface area contributed by atoms with Crippen molar-refractivity contribution >= 4 is 23.1 Å². The molecular formula is C17H22N4OS. The molecule has 1 aliphatic carbocycles. The van der Waals surface area contributed by atoms with Crippen LogP contribution in [0.25, 0.3) is 0 Å². The molecule has 0 aliphatic heterocycles. The topological polar surface area (TPSA) is 58.1 Å². The van der Waals surface area contributed by atoms with E-state index in [1.54, 1.807) is 31.3 Å². The van der Waals surface area contributed by atoms with Gasteiger partial charge in [0, 0.05) is 38.1 Å². The number of aryl methyl sites for hydroxylation is 2. The summed E-state index contributed by atoms with van der Waals surface area (Å²) in [6.45, 7) is 0.806. The van der Waals surface area contributed by atoms with Gasteiger partial charge < -0.3 is 10.2 Å². The molecule has 6 heteroatoms. The van der Waals surface area contributed by atoms with E-state index in [0.29, 0.717) is 5.56 Å². The predicted molar refractivity (Wildman–Crippen MR) is 93.2 cm³/mol. The minimum absolute atomic E-state index is 0.0302. The van der Waals surface area contributed by atoms with E-state index in [4.69, 9.17) is 4.98 Å². The molecule has 0 fully saturated rings. The summed E-state index contributed by atoms with van der Waals surface area (Å²) in [5.74, 6) is 0.763. The molecule has 0 spiro atoms. The lowest BCUT2D eigenvalue weighted by atomic mass is 10.0. The van der Waals surface area contributed by atoms with Crippen LogP contribution in [0.1, 0.15) is 38.8 Å². The van der Waals surface area contributed by atoms with Crippen LogP contribution in [0.15, 0.2) is 18.3 Å². The zero-order chi connectivity index (χ0) is 16.2. The number of thiazole rings is 1. The third-order valence-electron chi connectivity index (χ3n) is 3.95. The average Bonchev–Trinajstić information content (AvgIpc) is 2.97. The van der Waals surface area contributed by atoms with Gasteiger partial charge in [-0.25, -0.2) is 9.97 Å². The largest absolute Gasteiger partial charge is 0.370 e. The van der Waals surface area contributed by atoms with Gasteiger partial charge in [-0.1, -0.05) is 0 Å². The van der Waals surface area contributed by atoms with Gasteiger partial charge in [0.15, 0.2) is 0 Å². The molecule has 2 aromatic heterocycles. The van der Waals surface area contributed by atoms with Gasteiger partial charge in [0.25, 0.3) is 5.91 Å². The van der Waals surface area contributed by atoms with Crippen LogP contribution >= 0.6 is 11.3 Å². The van der Waals surface area contributed by atoms with E-state index in [1.807, 2.05) is 17.4 Å². The summed E-state index contributed by atoms with van der Waals surface area (Å²) in [7, 11) is 3.48. The van der Waals surface area contributed by atoms with E-state index in [0.717, 1.165) is 25.2 Å². The van der Waals surface area contributed by atoms with Gasteiger partial charge in [0.2, 0.25) is 0 Å². The van der Waals surface area contributed by atoms with E-state index in [2.05, 4.69) is 10.3 Å². The molecule has 0 atom stereocenters. The number of hydrogen-bond donors (Lipinski definition) is 1. The highest BCUT2D eigenvalue weighted by Crippen LogP contribution is 2.26. The first-order valence-electron chi connectivity index (χ1n) is 8.02. The monoisotopic (exact) mass is 330 g/mol. The van der Waals surface area contributed by atoms with Crippen molar-refractivity contribution in [1.29, 1.82) is 0 Å². The van der Waals surface area contributed by atoms with Crippen molar-refractivity contribution in [1.82, 2.24) is 14.9 Å². The third-order valence-corrected chi connectivity index (χ3v) is 5.17. The second-order valence-electron chi connectivity index (χ2n) is 5.99. The molecule has 0 unspecified atom stereocenters. The summed E-state index contributed by atoms with van der Waals surface area (Å²) < 4.78 is 0. The van der Waals surface area contributed by atoms with E-state index in [1.165, 1.54) is 34.8 Å². The molecule has 2 heterocycles. The minimum atomic E-state index is -0.0302. The maximum absolute atomic E-state index is 11.8. The molecule has 0 radical (unpaired) electrons. The number of rotatable bonds is 5. The molecule has 122 valence electrons. The molecule has 0 saturated heterocycles. The van der Waals surface area contributed by atoms with Gasteiger partial charge in [-0.3, -0.25) is 4.79 Å². The lowest BCUT2D eigenvalue weighted by Gasteiger charge is -2.10. The summed E-state index contributed by atoms with van der Waals surface area (Å²) in [6, 6.07) is 3.66. The summed E-state index contributed by atoms with van der Waals surface area (Å²) >= 11 is 1.86. The van der Waals surface area contributed by atoms with Crippen molar-refractivity contribution in [2.75, 3.05) is 26.0 Å². The first kappa shape index (κ1) is 15.9. The quantitative estimate of drug-likeness (QED) is 0.916. The zero-order valence-corrected chi connectivity index (χ0v) is 14.4. The molecule has 5 nitrogen and oxygen atoms in total. The summed E-state index contributed by atoms with van der Waals surface area (Å²) in [5.41, 5.74) is 1.93. The number of carbonyl (C=O) groups excluding carboxylic acids is 1. The lowest BCUT2D eigenvalue weighted by molar-refractivity contribution is 0.0827.